The van der Waals surface area contributed by atoms with Crippen LogP contribution in [-0.2, 0) is 4.79 Å². The lowest BCUT2D eigenvalue weighted by Crippen LogP contribution is -2.27. The fourth-order valence-electron chi connectivity index (χ4n) is 4.39. The quantitative estimate of drug-likeness (QED) is 0.251. The lowest BCUT2D eigenvalue weighted by Gasteiger charge is -2.21. The number of nitrogens with one attached hydrogen (secondary N) is 1. The number of aromatic nitrogens is 3. The first-order valence-corrected chi connectivity index (χ1v) is 12.8. The molecule has 0 aliphatic heterocycles. The number of carboxylic acid groups (broad SMARTS) is 1. The zero-order valence-electron chi connectivity index (χ0n) is 20.8. The molecule has 0 fully saturated rings. The van der Waals surface area contributed by atoms with Crippen LogP contribution < -0.4 is 5.32 Å². The first kappa shape index (κ1) is 26.6. The molecule has 2 aromatic heterocycles. The second-order valence-corrected chi connectivity index (χ2v) is 10.3. The van der Waals surface area contributed by atoms with Crippen molar-refractivity contribution in [2.75, 3.05) is 6.54 Å². The van der Waals surface area contributed by atoms with Crippen LogP contribution in [0.3, 0.4) is 0 Å². The minimum absolute atomic E-state index is 0.0468. The third-order valence-electron chi connectivity index (χ3n) is 6.18. The Labute approximate surface area is 225 Å². The Balaban J connectivity index is 1.67. The van der Waals surface area contributed by atoms with E-state index in [9.17, 15) is 9.59 Å². The van der Waals surface area contributed by atoms with Crippen molar-refractivity contribution >= 4 is 46.0 Å². The van der Waals surface area contributed by atoms with Gasteiger partial charge >= 0.3 is 5.97 Å². The number of carboxylic acids is 1. The number of carbonyl (C=O) groups is 2. The second kappa shape index (κ2) is 11.3. The summed E-state index contributed by atoms with van der Waals surface area (Å²) in [5.41, 5.74) is 5.02. The molecular formula is C28H28Cl2N4O3. The number of hydrogen-bond donors (Lipinski definition) is 2. The third kappa shape index (κ3) is 6.12. The summed E-state index contributed by atoms with van der Waals surface area (Å²) in [6.45, 7) is 6.34. The van der Waals surface area contributed by atoms with Crippen molar-refractivity contribution in [1.29, 1.82) is 0 Å². The first-order valence-electron chi connectivity index (χ1n) is 12.0. The molecule has 2 N–H and O–H groups in total. The maximum absolute atomic E-state index is 12.3. The molecule has 9 heteroatoms. The van der Waals surface area contributed by atoms with Gasteiger partial charge in [0, 0.05) is 28.7 Å². The average Bonchev–Trinajstić information content (AvgIpc) is 3.24. The number of carbonyl (C=O) groups excluding carboxylic acids is 1. The summed E-state index contributed by atoms with van der Waals surface area (Å²) >= 11 is 12.9. The molecule has 37 heavy (non-hydrogen) atoms. The standard InChI is InChI=1S/C28H28Cl2N4O3/c1-16(2)10-25(18-4-7-24(32-14-18)28(37)31-9-8-27(35)36)34-26-13-23(30)22(12-19(26)15-33-34)21-6-5-20(29)11-17(21)3/h4-7,11-16,25H,8-10H2,1-3H3,(H,31,37)(H,35,36). The van der Waals surface area contributed by atoms with E-state index in [2.05, 4.69) is 24.1 Å². The number of hydrogen-bond acceptors (Lipinski definition) is 4. The number of aryl methyl sites for hydroxylation is 1. The molecule has 2 heterocycles. The maximum Gasteiger partial charge on any atom is 0.305 e. The molecule has 192 valence electrons. The number of aliphatic carboxylic acids is 1. The summed E-state index contributed by atoms with van der Waals surface area (Å²) in [4.78, 5) is 27.3. The summed E-state index contributed by atoms with van der Waals surface area (Å²) in [6, 6.07) is 13.1. The average molecular weight is 539 g/mol. The summed E-state index contributed by atoms with van der Waals surface area (Å²) in [5.74, 6) is -1.01. The van der Waals surface area contributed by atoms with Crippen LogP contribution in [0.15, 0.2) is 54.9 Å². The molecule has 1 amide bonds. The van der Waals surface area contributed by atoms with Gasteiger partial charge in [-0.2, -0.15) is 5.10 Å². The molecule has 0 aliphatic rings. The zero-order chi connectivity index (χ0) is 26.7. The van der Waals surface area contributed by atoms with Crippen LogP contribution in [-0.4, -0.2) is 38.3 Å². The van der Waals surface area contributed by atoms with Crippen LogP contribution >= 0.6 is 23.2 Å². The van der Waals surface area contributed by atoms with Crippen molar-refractivity contribution in [2.45, 2.75) is 39.7 Å². The molecule has 2 aromatic carbocycles. The third-order valence-corrected chi connectivity index (χ3v) is 6.73. The van der Waals surface area contributed by atoms with Gasteiger partial charge in [-0.05, 0) is 66.3 Å². The molecule has 4 aromatic rings. The summed E-state index contributed by atoms with van der Waals surface area (Å²) in [5, 5.41) is 18.3. The van der Waals surface area contributed by atoms with Gasteiger partial charge in [-0.3, -0.25) is 19.3 Å². The number of rotatable bonds is 9. The van der Waals surface area contributed by atoms with E-state index in [-0.39, 0.29) is 24.7 Å². The highest BCUT2D eigenvalue weighted by Crippen LogP contribution is 2.37. The van der Waals surface area contributed by atoms with Crippen LogP contribution in [0.2, 0.25) is 10.0 Å². The van der Waals surface area contributed by atoms with Crippen molar-refractivity contribution in [2.24, 2.45) is 5.92 Å². The summed E-state index contributed by atoms with van der Waals surface area (Å²) in [7, 11) is 0. The molecule has 0 radical (unpaired) electrons. The van der Waals surface area contributed by atoms with Gasteiger partial charge in [0.05, 0.1) is 29.2 Å². The largest absolute Gasteiger partial charge is 0.481 e. The molecule has 0 aliphatic carbocycles. The Kier molecular flexibility index (Phi) is 8.15. The highest BCUT2D eigenvalue weighted by molar-refractivity contribution is 6.34. The Hall–Kier alpha value is -3.42. The number of fused-ring (bicyclic) bond motifs is 1. The molecule has 0 saturated heterocycles. The van der Waals surface area contributed by atoms with Crippen LogP contribution in [0.1, 0.15) is 54.3 Å². The Morgan fingerprint density at radius 1 is 1.05 bits per heavy atom. The van der Waals surface area contributed by atoms with E-state index in [1.165, 1.54) is 0 Å². The van der Waals surface area contributed by atoms with E-state index in [1.807, 2.05) is 54.2 Å². The summed E-state index contributed by atoms with van der Waals surface area (Å²) < 4.78 is 1.96. The van der Waals surface area contributed by atoms with E-state index < -0.39 is 11.9 Å². The lowest BCUT2D eigenvalue weighted by molar-refractivity contribution is -0.136. The van der Waals surface area contributed by atoms with Gasteiger partial charge in [0.15, 0.2) is 0 Å². The topological polar surface area (TPSA) is 97.1 Å². The number of nitrogens with zero attached hydrogens (tertiary/aromatic N) is 3. The predicted octanol–water partition coefficient (Wildman–Crippen LogP) is 6.55. The first-order chi connectivity index (χ1) is 17.6. The molecule has 7 nitrogen and oxygen atoms in total. The molecule has 0 bridgehead atoms. The minimum Gasteiger partial charge on any atom is -0.481 e. The zero-order valence-corrected chi connectivity index (χ0v) is 22.3. The van der Waals surface area contributed by atoms with Gasteiger partial charge in [0.1, 0.15) is 5.69 Å². The van der Waals surface area contributed by atoms with Crippen LogP contribution in [0.25, 0.3) is 22.0 Å². The van der Waals surface area contributed by atoms with E-state index in [4.69, 9.17) is 33.4 Å². The van der Waals surface area contributed by atoms with Crippen LogP contribution in [0, 0.1) is 12.8 Å². The minimum atomic E-state index is -0.970. The number of amides is 1. The second-order valence-electron chi connectivity index (χ2n) is 9.46. The van der Waals surface area contributed by atoms with Crippen molar-refractivity contribution in [3.63, 3.8) is 0 Å². The van der Waals surface area contributed by atoms with Gasteiger partial charge in [0.2, 0.25) is 0 Å². The molecular weight excluding hydrogens is 511 g/mol. The maximum atomic E-state index is 12.3. The highest BCUT2D eigenvalue weighted by atomic mass is 35.5. The normalized spacial score (nSPS) is 12.2. The lowest BCUT2D eigenvalue weighted by atomic mass is 9.97. The van der Waals surface area contributed by atoms with E-state index in [1.54, 1.807) is 12.3 Å². The Morgan fingerprint density at radius 3 is 2.49 bits per heavy atom. The Bertz CT molecular complexity index is 1450. The van der Waals surface area contributed by atoms with Crippen LogP contribution in [0.4, 0.5) is 0 Å². The fourth-order valence-corrected chi connectivity index (χ4v) is 4.87. The van der Waals surface area contributed by atoms with Crippen molar-refractivity contribution in [1.82, 2.24) is 20.1 Å². The molecule has 0 spiro atoms. The molecule has 1 unspecified atom stereocenters. The number of halogens is 2. The number of pyridine rings is 1. The summed E-state index contributed by atoms with van der Waals surface area (Å²) in [6.07, 6.45) is 4.18. The SMILES string of the molecule is Cc1cc(Cl)ccc1-c1cc2cnn(C(CC(C)C)c3ccc(C(=O)NCCC(=O)O)nc3)c2cc1Cl. The van der Waals surface area contributed by atoms with Gasteiger partial charge < -0.3 is 10.4 Å². The molecule has 1 atom stereocenters. The smallest absolute Gasteiger partial charge is 0.305 e. The van der Waals surface area contributed by atoms with Crippen LogP contribution in [0.5, 0.6) is 0 Å². The van der Waals surface area contributed by atoms with Gasteiger partial charge in [0.25, 0.3) is 5.91 Å². The predicted molar refractivity (Wildman–Crippen MR) is 146 cm³/mol. The van der Waals surface area contributed by atoms with Crippen molar-refractivity contribution in [3.05, 3.63) is 81.7 Å². The van der Waals surface area contributed by atoms with Gasteiger partial charge in [-0.15, -0.1) is 0 Å². The Morgan fingerprint density at radius 2 is 1.84 bits per heavy atom. The van der Waals surface area contributed by atoms with Crippen molar-refractivity contribution in [3.8, 4) is 11.1 Å². The van der Waals surface area contributed by atoms with E-state index in [0.717, 1.165) is 39.6 Å². The highest BCUT2D eigenvalue weighted by Gasteiger charge is 2.21. The number of benzene rings is 2. The fraction of sp³-hybridized carbons (Fsp3) is 0.286. The monoisotopic (exact) mass is 538 g/mol. The van der Waals surface area contributed by atoms with Crippen molar-refractivity contribution < 1.29 is 14.7 Å². The van der Waals surface area contributed by atoms with Gasteiger partial charge in [-0.1, -0.05) is 49.2 Å². The molecule has 0 saturated carbocycles. The van der Waals surface area contributed by atoms with E-state index in [0.29, 0.717) is 16.0 Å². The molecule has 4 rings (SSSR count). The van der Waals surface area contributed by atoms with Gasteiger partial charge in [-0.25, -0.2) is 0 Å². The van der Waals surface area contributed by atoms with E-state index >= 15 is 0 Å².